The lowest BCUT2D eigenvalue weighted by Crippen LogP contribution is -2.18. The summed E-state index contributed by atoms with van der Waals surface area (Å²) in [5.74, 6) is 1.06. The van der Waals surface area contributed by atoms with E-state index in [-0.39, 0.29) is 4.21 Å². The molecule has 2 aliphatic carbocycles. The van der Waals surface area contributed by atoms with Gasteiger partial charge in [-0.15, -0.1) is 15.7 Å². The molecule has 9 heteroatoms. The first kappa shape index (κ1) is 20.5. The van der Waals surface area contributed by atoms with Crippen molar-refractivity contribution in [3.63, 3.8) is 0 Å². The van der Waals surface area contributed by atoms with Crippen molar-refractivity contribution in [2.45, 2.75) is 62.2 Å². The largest absolute Gasteiger partial charge is 0.386 e. The van der Waals surface area contributed by atoms with Crippen LogP contribution >= 0.6 is 11.3 Å². The molecular formula is C20H26N4O3S2. The molecule has 7 nitrogen and oxygen atoms in total. The smallest absolute Gasteiger partial charge is 0.354 e. The number of aryl methyl sites for hydroxylation is 1. The zero-order chi connectivity index (χ0) is 21.0. The molecule has 2 unspecified atom stereocenters. The first-order valence-electron chi connectivity index (χ1n) is 9.74. The second-order valence-corrected chi connectivity index (χ2v) is 11.4. The summed E-state index contributed by atoms with van der Waals surface area (Å²) in [4.78, 5) is 17.4. The minimum atomic E-state index is -3.40. The highest BCUT2D eigenvalue weighted by Crippen LogP contribution is 2.47. The Bertz CT molecular complexity index is 1090. The fourth-order valence-corrected chi connectivity index (χ4v) is 5.98. The quantitative estimate of drug-likeness (QED) is 0.676. The topological polar surface area (TPSA) is 118 Å². The third-order valence-electron chi connectivity index (χ3n) is 5.59. The van der Waals surface area contributed by atoms with Gasteiger partial charge in [0.25, 0.3) is 0 Å². The summed E-state index contributed by atoms with van der Waals surface area (Å²) in [5.41, 5.74) is 3.29. The summed E-state index contributed by atoms with van der Waals surface area (Å²) in [7, 11) is -3.40. The van der Waals surface area contributed by atoms with Crippen LogP contribution in [0.1, 0.15) is 62.0 Å². The molecule has 2 aliphatic rings. The van der Waals surface area contributed by atoms with Gasteiger partial charge in [-0.1, -0.05) is 6.92 Å². The van der Waals surface area contributed by atoms with E-state index >= 15 is 0 Å². The zero-order valence-electron chi connectivity index (χ0n) is 16.8. The van der Waals surface area contributed by atoms with Crippen LogP contribution in [-0.2, 0) is 28.4 Å². The number of nitrogens with two attached hydrogens (primary N) is 1. The van der Waals surface area contributed by atoms with Crippen molar-refractivity contribution in [2.75, 3.05) is 5.32 Å². The Hall–Kier alpha value is -1.81. The van der Waals surface area contributed by atoms with Crippen molar-refractivity contribution in [1.29, 1.82) is 0 Å². The summed E-state index contributed by atoms with van der Waals surface area (Å²) in [5, 5.41) is 20.4. The van der Waals surface area contributed by atoms with E-state index in [0.717, 1.165) is 54.0 Å². The van der Waals surface area contributed by atoms with Gasteiger partial charge in [-0.3, -0.25) is 4.98 Å². The fraction of sp³-hybridized carbons (Fsp3) is 0.500. The van der Waals surface area contributed by atoms with Crippen LogP contribution in [0.25, 0.3) is 0 Å². The highest BCUT2D eigenvalue weighted by atomic mass is 32.2. The Morgan fingerprint density at radius 3 is 2.76 bits per heavy atom. The molecule has 2 aromatic rings. The third kappa shape index (κ3) is 4.23. The molecule has 0 radical (unpaired) electrons. The Kier molecular flexibility index (Phi) is 5.05. The molecule has 1 saturated carbocycles. The molecule has 4 N–H and O–H groups in total. The van der Waals surface area contributed by atoms with Crippen LogP contribution in [0.5, 0.6) is 0 Å². The number of anilines is 1. The van der Waals surface area contributed by atoms with E-state index in [1.165, 1.54) is 0 Å². The third-order valence-corrected chi connectivity index (χ3v) is 8.45. The number of rotatable bonds is 4. The summed E-state index contributed by atoms with van der Waals surface area (Å²) in [6, 6.07) is 2.74. The summed E-state index contributed by atoms with van der Waals surface area (Å²) in [6.07, 6.45) is 3.89. The van der Waals surface area contributed by atoms with Gasteiger partial charge in [0.1, 0.15) is 4.21 Å². The minimum Gasteiger partial charge on any atom is -0.386 e. The number of pyridine rings is 1. The number of amides is 2. The molecule has 2 amide bonds. The first-order chi connectivity index (χ1) is 13.5. The number of urea groups is 1. The lowest BCUT2D eigenvalue weighted by molar-refractivity contribution is 0.0789. The SMILES string of the molecule is C[C@@H]1CC1c1cc(NC(=O)N=S(N)(=O)c2cc(C(C)(C)O)cs2)c2c(n1)CCC2. The van der Waals surface area contributed by atoms with Gasteiger partial charge < -0.3 is 10.4 Å². The molecule has 1 fully saturated rings. The van der Waals surface area contributed by atoms with Crippen molar-refractivity contribution < 1.29 is 14.1 Å². The van der Waals surface area contributed by atoms with Gasteiger partial charge in [-0.25, -0.2) is 14.1 Å². The Balaban J connectivity index is 1.60. The summed E-state index contributed by atoms with van der Waals surface area (Å²) < 4.78 is 16.9. The van der Waals surface area contributed by atoms with Gasteiger partial charge in [-0.2, -0.15) is 0 Å². The van der Waals surface area contributed by atoms with Crippen molar-refractivity contribution in [1.82, 2.24) is 4.98 Å². The number of carbonyl (C=O) groups excluding carboxylic acids is 1. The predicted molar refractivity (Wildman–Crippen MR) is 114 cm³/mol. The number of thiophene rings is 1. The lowest BCUT2D eigenvalue weighted by Gasteiger charge is -2.14. The predicted octanol–water partition coefficient (Wildman–Crippen LogP) is 3.92. The fourth-order valence-electron chi connectivity index (χ4n) is 3.70. The average Bonchev–Trinajstić information content (AvgIpc) is 3.05. The van der Waals surface area contributed by atoms with E-state index in [1.54, 1.807) is 25.3 Å². The highest BCUT2D eigenvalue weighted by molar-refractivity contribution is 7.93. The molecule has 0 bridgehead atoms. The van der Waals surface area contributed by atoms with Crippen molar-refractivity contribution in [3.8, 4) is 0 Å². The maximum absolute atomic E-state index is 12.9. The molecule has 2 aromatic heterocycles. The summed E-state index contributed by atoms with van der Waals surface area (Å²) in [6.45, 7) is 5.45. The second-order valence-electron chi connectivity index (χ2n) is 8.50. The van der Waals surface area contributed by atoms with Crippen LogP contribution in [0.2, 0.25) is 0 Å². The van der Waals surface area contributed by atoms with E-state index in [4.69, 9.17) is 10.1 Å². The molecular weight excluding hydrogens is 408 g/mol. The van der Waals surface area contributed by atoms with Crippen LogP contribution in [0.3, 0.4) is 0 Å². The van der Waals surface area contributed by atoms with E-state index < -0.39 is 21.5 Å². The van der Waals surface area contributed by atoms with Crippen LogP contribution in [0.4, 0.5) is 10.5 Å². The van der Waals surface area contributed by atoms with Crippen LogP contribution in [0, 0.1) is 5.92 Å². The molecule has 0 spiro atoms. The van der Waals surface area contributed by atoms with Crippen LogP contribution < -0.4 is 10.5 Å². The number of carbonyl (C=O) groups is 1. The minimum absolute atomic E-state index is 0.261. The maximum Gasteiger partial charge on any atom is 0.354 e. The van der Waals surface area contributed by atoms with Crippen LogP contribution in [-0.4, -0.2) is 20.3 Å². The molecule has 156 valence electrons. The highest BCUT2D eigenvalue weighted by Gasteiger charge is 2.36. The van der Waals surface area contributed by atoms with E-state index in [0.29, 0.717) is 23.1 Å². The van der Waals surface area contributed by atoms with Gasteiger partial charge in [0.2, 0.25) is 0 Å². The maximum atomic E-state index is 12.9. The molecule has 3 atom stereocenters. The molecule has 0 aromatic carbocycles. The first-order valence-corrected chi connectivity index (χ1v) is 12.2. The molecule has 2 heterocycles. The zero-order valence-corrected chi connectivity index (χ0v) is 18.4. The van der Waals surface area contributed by atoms with Gasteiger partial charge >= 0.3 is 6.03 Å². The van der Waals surface area contributed by atoms with Gasteiger partial charge in [0.15, 0.2) is 9.92 Å². The molecule has 4 rings (SSSR count). The Morgan fingerprint density at radius 2 is 2.14 bits per heavy atom. The van der Waals surface area contributed by atoms with Gasteiger partial charge in [0, 0.05) is 23.0 Å². The van der Waals surface area contributed by atoms with E-state index in [1.807, 2.05) is 6.07 Å². The Labute approximate surface area is 175 Å². The number of hydrogen-bond donors (Lipinski definition) is 3. The number of aromatic nitrogens is 1. The van der Waals surface area contributed by atoms with Gasteiger partial charge in [-0.05, 0) is 74.1 Å². The standard InChI is InChI=1S/C20H26N4O3S2/c1-11-7-14(11)17-9-16(13-5-4-6-15(13)22-17)23-19(25)24-29(21,27)18-8-12(10-28-18)20(2,3)26/h8-11,14,26H,4-7H2,1-3H3,(H3,21,22,23,24,25,27)/t11-,14?,29?/m1/s1. The molecule has 0 aliphatic heterocycles. The number of hydrogen-bond acceptors (Lipinski definition) is 5. The molecule has 0 saturated heterocycles. The average molecular weight is 435 g/mol. The van der Waals surface area contributed by atoms with Gasteiger partial charge in [0.05, 0.1) is 5.60 Å². The van der Waals surface area contributed by atoms with Crippen molar-refractivity contribution >= 4 is 33.0 Å². The van der Waals surface area contributed by atoms with Crippen molar-refractivity contribution in [2.24, 2.45) is 15.4 Å². The van der Waals surface area contributed by atoms with Crippen molar-refractivity contribution in [3.05, 3.63) is 40.0 Å². The number of aliphatic hydroxyl groups is 1. The molecule has 29 heavy (non-hydrogen) atoms. The lowest BCUT2D eigenvalue weighted by atomic mass is 10.0. The number of nitrogens with zero attached hydrogens (tertiary/aromatic N) is 2. The summed E-state index contributed by atoms with van der Waals surface area (Å²) >= 11 is 1.12. The number of fused-ring (bicyclic) bond motifs is 1. The van der Waals surface area contributed by atoms with Crippen LogP contribution in [0.15, 0.2) is 26.1 Å². The Morgan fingerprint density at radius 1 is 1.41 bits per heavy atom. The van der Waals surface area contributed by atoms with E-state index in [2.05, 4.69) is 16.6 Å². The van der Waals surface area contributed by atoms with E-state index in [9.17, 15) is 14.1 Å². The second kappa shape index (κ2) is 7.16. The number of nitrogens with one attached hydrogen (secondary N) is 1. The monoisotopic (exact) mass is 434 g/mol. The normalized spacial score (nSPS) is 22.7.